The first-order valence-corrected chi connectivity index (χ1v) is 9.30. The molecule has 0 saturated carbocycles. The van der Waals surface area contributed by atoms with Gasteiger partial charge in [0.05, 0.1) is 16.9 Å². The summed E-state index contributed by atoms with van der Waals surface area (Å²) >= 11 is 0. The maximum absolute atomic E-state index is 12.3. The molecule has 7 nitrogen and oxygen atoms in total. The van der Waals surface area contributed by atoms with E-state index in [9.17, 15) is 22.8 Å². The van der Waals surface area contributed by atoms with Crippen molar-refractivity contribution in [2.75, 3.05) is 10.6 Å². The van der Waals surface area contributed by atoms with E-state index in [1.807, 2.05) is 35.6 Å². The number of primary amides is 1. The quantitative estimate of drug-likeness (QED) is 0.500. The molecule has 0 fully saturated rings. The molecule has 10 heteroatoms. The van der Waals surface area contributed by atoms with Crippen LogP contribution in [0.1, 0.15) is 27.7 Å². The van der Waals surface area contributed by atoms with Crippen molar-refractivity contribution in [1.29, 1.82) is 0 Å². The van der Waals surface area contributed by atoms with E-state index >= 15 is 0 Å². The minimum absolute atomic E-state index is 0.222. The summed E-state index contributed by atoms with van der Waals surface area (Å²) in [5.74, 6) is -2.49. The van der Waals surface area contributed by atoms with Crippen molar-refractivity contribution in [3.8, 4) is 5.69 Å². The van der Waals surface area contributed by atoms with E-state index in [2.05, 4.69) is 10.6 Å². The minimum Gasteiger partial charge on any atom is -0.366 e. The van der Waals surface area contributed by atoms with Crippen molar-refractivity contribution < 1.29 is 22.8 Å². The molecule has 0 saturated heterocycles. The second-order valence-corrected chi connectivity index (χ2v) is 7.01. The Morgan fingerprint density at radius 3 is 2.48 bits per heavy atom. The summed E-state index contributed by atoms with van der Waals surface area (Å²) in [6, 6.07) is 14.4. The monoisotopic (exact) mass is 429 g/mol. The number of nitrogens with two attached hydrogens (primary N) is 1. The van der Waals surface area contributed by atoms with Crippen LogP contribution < -0.4 is 21.7 Å². The molecule has 2 aromatic carbocycles. The molecular formula is C21H18F3N5O2. The highest BCUT2D eigenvalue weighted by Gasteiger charge is 2.38. The number of hydrogen-bond acceptors (Lipinski definition) is 4. The summed E-state index contributed by atoms with van der Waals surface area (Å²) in [4.78, 5) is 22.6. The average molecular weight is 429 g/mol. The van der Waals surface area contributed by atoms with Gasteiger partial charge in [-0.05, 0) is 41.5 Å². The molecule has 0 bridgehead atoms. The Bertz CT molecular complexity index is 1140. The summed E-state index contributed by atoms with van der Waals surface area (Å²) in [5, 5.41) is 8.39. The van der Waals surface area contributed by atoms with E-state index in [4.69, 9.17) is 5.73 Å². The molecule has 0 aliphatic carbocycles. The van der Waals surface area contributed by atoms with Gasteiger partial charge in [-0.3, -0.25) is 9.59 Å². The third-order valence-corrected chi connectivity index (χ3v) is 4.91. The standard InChI is InChI=1S/C21H18F3N5O2/c22-21(23,24)20(31)26-10-12-8-9-29(11-12)14-6-4-13(5-7-14)19-27-16-3-1-2-15(18(25)30)17(16)28-19/h1-9,11,19,27-28H,10H2,(H2,25,30)(H,26,31). The number of halogens is 3. The number of amides is 2. The van der Waals surface area contributed by atoms with Crippen LogP contribution in [0.4, 0.5) is 24.5 Å². The fraction of sp³-hybridized carbons (Fsp3) is 0.143. The number of nitrogens with zero attached hydrogens (tertiary/aromatic N) is 1. The van der Waals surface area contributed by atoms with E-state index in [1.54, 1.807) is 35.2 Å². The van der Waals surface area contributed by atoms with Crippen LogP contribution in [-0.2, 0) is 11.3 Å². The third-order valence-electron chi connectivity index (χ3n) is 4.91. The fourth-order valence-electron chi connectivity index (χ4n) is 3.36. The smallest absolute Gasteiger partial charge is 0.366 e. The highest BCUT2D eigenvalue weighted by atomic mass is 19.4. The number of benzene rings is 2. The van der Waals surface area contributed by atoms with Gasteiger partial charge in [-0.15, -0.1) is 0 Å². The van der Waals surface area contributed by atoms with E-state index in [-0.39, 0.29) is 12.7 Å². The summed E-state index contributed by atoms with van der Waals surface area (Å²) in [6.07, 6.45) is -1.81. The van der Waals surface area contributed by atoms with E-state index in [1.165, 1.54) is 0 Å². The molecular weight excluding hydrogens is 411 g/mol. The molecule has 5 N–H and O–H groups in total. The van der Waals surface area contributed by atoms with Crippen LogP contribution in [0.3, 0.4) is 0 Å². The second kappa shape index (κ2) is 7.71. The van der Waals surface area contributed by atoms with Crippen molar-refractivity contribution >= 4 is 23.2 Å². The normalized spacial score (nSPS) is 15.0. The van der Waals surface area contributed by atoms with Crippen LogP contribution >= 0.6 is 0 Å². The molecule has 1 atom stereocenters. The van der Waals surface area contributed by atoms with Crippen LogP contribution in [0.2, 0.25) is 0 Å². The Hall–Kier alpha value is -3.95. The molecule has 2 amide bonds. The maximum Gasteiger partial charge on any atom is 0.471 e. The van der Waals surface area contributed by atoms with Gasteiger partial charge in [-0.25, -0.2) is 0 Å². The first-order chi connectivity index (χ1) is 14.7. The Morgan fingerprint density at radius 1 is 1.06 bits per heavy atom. The lowest BCUT2D eigenvalue weighted by atomic mass is 10.1. The maximum atomic E-state index is 12.3. The Morgan fingerprint density at radius 2 is 1.81 bits per heavy atom. The van der Waals surface area contributed by atoms with Gasteiger partial charge in [-0.1, -0.05) is 18.2 Å². The number of carbonyl (C=O) groups is 2. The first-order valence-electron chi connectivity index (χ1n) is 9.30. The van der Waals surface area contributed by atoms with Crippen molar-refractivity contribution in [3.05, 3.63) is 77.6 Å². The summed E-state index contributed by atoms with van der Waals surface area (Å²) < 4.78 is 38.6. The first kappa shape index (κ1) is 20.3. The van der Waals surface area contributed by atoms with Crippen LogP contribution in [0.5, 0.6) is 0 Å². The number of nitrogens with one attached hydrogen (secondary N) is 3. The molecule has 1 aliphatic heterocycles. The number of anilines is 2. The lowest BCUT2D eigenvalue weighted by molar-refractivity contribution is -0.173. The number of hydrogen-bond donors (Lipinski definition) is 4. The molecule has 4 rings (SSSR count). The van der Waals surface area contributed by atoms with Gasteiger partial charge in [0.2, 0.25) is 0 Å². The average Bonchev–Trinajstić information content (AvgIpc) is 3.38. The van der Waals surface area contributed by atoms with Gasteiger partial charge in [0.25, 0.3) is 5.91 Å². The zero-order valence-corrected chi connectivity index (χ0v) is 16.0. The fourth-order valence-corrected chi connectivity index (χ4v) is 3.36. The summed E-state index contributed by atoms with van der Waals surface area (Å²) in [6.45, 7) is -0.222. The zero-order chi connectivity index (χ0) is 22.2. The van der Waals surface area contributed by atoms with Crippen LogP contribution in [0.25, 0.3) is 5.69 Å². The van der Waals surface area contributed by atoms with Crippen molar-refractivity contribution in [1.82, 2.24) is 9.88 Å². The van der Waals surface area contributed by atoms with E-state index < -0.39 is 18.0 Å². The van der Waals surface area contributed by atoms with E-state index in [0.29, 0.717) is 16.8 Å². The Labute approximate surface area is 175 Å². The second-order valence-electron chi connectivity index (χ2n) is 7.01. The molecule has 1 aromatic heterocycles. The number of carbonyl (C=O) groups excluding carboxylic acids is 2. The van der Waals surface area contributed by atoms with Crippen molar-refractivity contribution in [2.24, 2.45) is 5.73 Å². The molecule has 3 aromatic rings. The van der Waals surface area contributed by atoms with Crippen LogP contribution in [0.15, 0.2) is 60.9 Å². The van der Waals surface area contributed by atoms with Gasteiger partial charge in [0, 0.05) is 24.6 Å². The number of rotatable bonds is 5. The number of aromatic nitrogens is 1. The molecule has 160 valence electrons. The van der Waals surface area contributed by atoms with Gasteiger partial charge in [0.1, 0.15) is 6.17 Å². The lowest BCUT2D eigenvalue weighted by Crippen LogP contribution is -2.36. The zero-order valence-electron chi connectivity index (χ0n) is 16.0. The SMILES string of the molecule is NC(=O)c1cccc2c1NC(c1ccc(-n3ccc(CNC(=O)C(F)(F)F)c3)cc1)N2. The van der Waals surface area contributed by atoms with Gasteiger partial charge in [0.15, 0.2) is 0 Å². The number of para-hydroxylation sites is 1. The highest BCUT2D eigenvalue weighted by molar-refractivity contribution is 6.02. The molecule has 1 unspecified atom stereocenters. The predicted octanol–water partition coefficient (Wildman–Crippen LogP) is 3.29. The summed E-state index contributed by atoms with van der Waals surface area (Å²) in [5.41, 5.74) is 9.52. The largest absolute Gasteiger partial charge is 0.471 e. The number of alkyl halides is 3. The van der Waals surface area contributed by atoms with Crippen molar-refractivity contribution in [2.45, 2.75) is 18.9 Å². The van der Waals surface area contributed by atoms with Crippen LogP contribution in [0, 0.1) is 0 Å². The van der Waals surface area contributed by atoms with Gasteiger partial charge in [-0.2, -0.15) is 13.2 Å². The summed E-state index contributed by atoms with van der Waals surface area (Å²) in [7, 11) is 0. The minimum atomic E-state index is -4.90. The highest BCUT2D eigenvalue weighted by Crippen LogP contribution is 2.37. The molecule has 0 radical (unpaired) electrons. The Kier molecular flexibility index (Phi) is 5.05. The molecule has 0 spiro atoms. The van der Waals surface area contributed by atoms with Crippen LogP contribution in [-0.4, -0.2) is 22.6 Å². The molecule has 1 aliphatic rings. The van der Waals surface area contributed by atoms with Gasteiger partial charge >= 0.3 is 12.1 Å². The predicted molar refractivity (Wildman–Crippen MR) is 109 cm³/mol. The molecule has 31 heavy (non-hydrogen) atoms. The lowest BCUT2D eigenvalue weighted by Gasteiger charge is -2.14. The van der Waals surface area contributed by atoms with Gasteiger partial charge < -0.3 is 26.3 Å². The topological polar surface area (TPSA) is 101 Å². The molecule has 2 heterocycles. The Balaban J connectivity index is 1.44. The third kappa shape index (κ3) is 4.18. The van der Waals surface area contributed by atoms with Crippen molar-refractivity contribution in [3.63, 3.8) is 0 Å². The van der Waals surface area contributed by atoms with E-state index in [0.717, 1.165) is 16.9 Å². The number of fused-ring (bicyclic) bond motifs is 1.